The van der Waals surface area contributed by atoms with Crippen molar-refractivity contribution < 1.29 is 14.3 Å². The SMILES string of the molecule is O=C(N/N=C\c1cccc(O)c1)c1cccc(F)c1. The van der Waals surface area contributed by atoms with Gasteiger partial charge >= 0.3 is 0 Å². The fourth-order valence-corrected chi connectivity index (χ4v) is 1.46. The number of amides is 1. The molecular weight excluding hydrogens is 247 g/mol. The van der Waals surface area contributed by atoms with Gasteiger partial charge in [0.25, 0.3) is 5.91 Å². The molecule has 0 radical (unpaired) electrons. The van der Waals surface area contributed by atoms with Crippen molar-refractivity contribution in [3.05, 3.63) is 65.5 Å². The summed E-state index contributed by atoms with van der Waals surface area (Å²) in [4.78, 5) is 11.6. The van der Waals surface area contributed by atoms with Gasteiger partial charge in [-0.2, -0.15) is 5.10 Å². The number of nitrogens with one attached hydrogen (secondary N) is 1. The zero-order valence-corrected chi connectivity index (χ0v) is 9.88. The number of hydrogen-bond acceptors (Lipinski definition) is 3. The van der Waals surface area contributed by atoms with Crippen molar-refractivity contribution in [3.8, 4) is 5.75 Å². The number of aromatic hydroxyl groups is 1. The van der Waals surface area contributed by atoms with Crippen molar-refractivity contribution in [1.82, 2.24) is 5.43 Å². The maximum Gasteiger partial charge on any atom is 0.271 e. The van der Waals surface area contributed by atoms with E-state index in [1.165, 1.54) is 36.5 Å². The summed E-state index contributed by atoms with van der Waals surface area (Å²) >= 11 is 0. The second-order valence-corrected chi connectivity index (χ2v) is 3.80. The van der Waals surface area contributed by atoms with E-state index in [-0.39, 0.29) is 11.3 Å². The standard InChI is InChI=1S/C14H11FN2O2/c15-12-5-2-4-11(8-12)14(19)17-16-9-10-3-1-6-13(18)7-10/h1-9,18H,(H,17,19)/b16-9-. The number of halogens is 1. The number of hydrazone groups is 1. The molecule has 5 heteroatoms. The first-order chi connectivity index (χ1) is 9.15. The normalized spacial score (nSPS) is 10.6. The number of hydrogen-bond donors (Lipinski definition) is 2. The van der Waals surface area contributed by atoms with E-state index >= 15 is 0 Å². The molecule has 0 heterocycles. The van der Waals surface area contributed by atoms with E-state index in [9.17, 15) is 14.3 Å². The second-order valence-electron chi connectivity index (χ2n) is 3.80. The summed E-state index contributed by atoms with van der Waals surface area (Å²) < 4.78 is 12.9. The minimum atomic E-state index is -0.504. The van der Waals surface area contributed by atoms with Gasteiger partial charge in [-0.15, -0.1) is 0 Å². The van der Waals surface area contributed by atoms with Gasteiger partial charge < -0.3 is 5.11 Å². The topological polar surface area (TPSA) is 61.7 Å². The van der Waals surface area contributed by atoms with Gasteiger partial charge in [0.15, 0.2) is 0 Å². The van der Waals surface area contributed by atoms with Crippen LogP contribution in [0.4, 0.5) is 4.39 Å². The first kappa shape index (κ1) is 12.8. The molecular formula is C14H11FN2O2. The lowest BCUT2D eigenvalue weighted by atomic mass is 10.2. The molecule has 0 saturated carbocycles. The van der Waals surface area contributed by atoms with E-state index in [2.05, 4.69) is 10.5 Å². The molecule has 0 aliphatic carbocycles. The summed E-state index contributed by atoms with van der Waals surface area (Å²) in [6, 6.07) is 11.7. The number of carbonyl (C=O) groups is 1. The lowest BCUT2D eigenvalue weighted by Crippen LogP contribution is -2.17. The molecule has 2 N–H and O–H groups in total. The Morgan fingerprint density at radius 1 is 1.21 bits per heavy atom. The highest BCUT2D eigenvalue weighted by Gasteiger charge is 2.04. The molecule has 0 spiro atoms. The van der Waals surface area contributed by atoms with Crippen LogP contribution >= 0.6 is 0 Å². The van der Waals surface area contributed by atoms with Crippen LogP contribution < -0.4 is 5.43 Å². The largest absolute Gasteiger partial charge is 0.508 e. The highest BCUT2D eigenvalue weighted by Crippen LogP contribution is 2.08. The maximum atomic E-state index is 12.9. The van der Waals surface area contributed by atoms with Gasteiger partial charge in [-0.3, -0.25) is 4.79 Å². The van der Waals surface area contributed by atoms with Crippen LogP contribution in [-0.4, -0.2) is 17.2 Å². The Bertz CT molecular complexity index is 626. The Morgan fingerprint density at radius 2 is 2.00 bits per heavy atom. The molecule has 2 rings (SSSR count). The predicted octanol–water partition coefficient (Wildman–Crippen LogP) is 2.30. The second kappa shape index (κ2) is 5.77. The zero-order chi connectivity index (χ0) is 13.7. The van der Waals surface area contributed by atoms with Crippen molar-refractivity contribution in [3.63, 3.8) is 0 Å². The molecule has 0 bridgehead atoms. The fraction of sp³-hybridized carbons (Fsp3) is 0. The summed E-state index contributed by atoms with van der Waals surface area (Å²) in [5.41, 5.74) is 3.10. The summed E-state index contributed by atoms with van der Waals surface area (Å²) in [6.07, 6.45) is 1.39. The Labute approximate surface area is 109 Å². The van der Waals surface area contributed by atoms with E-state index in [0.717, 1.165) is 6.07 Å². The first-order valence-electron chi connectivity index (χ1n) is 5.53. The summed E-state index contributed by atoms with van der Waals surface area (Å²) in [6.45, 7) is 0. The minimum absolute atomic E-state index is 0.111. The van der Waals surface area contributed by atoms with Crippen molar-refractivity contribution in [2.45, 2.75) is 0 Å². The van der Waals surface area contributed by atoms with Crippen LogP contribution in [0.25, 0.3) is 0 Å². The Hall–Kier alpha value is -2.69. The smallest absolute Gasteiger partial charge is 0.271 e. The lowest BCUT2D eigenvalue weighted by Gasteiger charge is -1.99. The number of rotatable bonds is 3. The number of carbonyl (C=O) groups excluding carboxylic acids is 1. The monoisotopic (exact) mass is 258 g/mol. The van der Waals surface area contributed by atoms with Crippen LogP contribution in [0, 0.1) is 5.82 Å². The van der Waals surface area contributed by atoms with E-state index < -0.39 is 11.7 Å². The van der Waals surface area contributed by atoms with E-state index in [0.29, 0.717) is 5.56 Å². The molecule has 0 saturated heterocycles. The Balaban J connectivity index is 2.01. The van der Waals surface area contributed by atoms with Gasteiger partial charge in [-0.25, -0.2) is 9.82 Å². The molecule has 2 aromatic carbocycles. The van der Waals surface area contributed by atoms with Crippen LogP contribution in [0.3, 0.4) is 0 Å². The minimum Gasteiger partial charge on any atom is -0.508 e. The van der Waals surface area contributed by atoms with Crippen molar-refractivity contribution in [1.29, 1.82) is 0 Å². The highest BCUT2D eigenvalue weighted by molar-refractivity contribution is 5.94. The van der Waals surface area contributed by atoms with Crippen LogP contribution in [0.2, 0.25) is 0 Å². The molecule has 0 unspecified atom stereocenters. The van der Waals surface area contributed by atoms with Crippen LogP contribution in [-0.2, 0) is 0 Å². The third kappa shape index (κ3) is 3.64. The highest BCUT2D eigenvalue weighted by atomic mass is 19.1. The maximum absolute atomic E-state index is 12.9. The number of nitrogens with zero attached hydrogens (tertiary/aromatic N) is 1. The Morgan fingerprint density at radius 3 is 2.74 bits per heavy atom. The first-order valence-corrected chi connectivity index (χ1v) is 5.53. The van der Waals surface area contributed by atoms with E-state index in [1.54, 1.807) is 12.1 Å². The van der Waals surface area contributed by atoms with E-state index in [1.807, 2.05) is 0 Å². The molecule has 0 aromatic heterocycles. The fourth-order valence-electron chi connectivity index (χ4n) is 1.46. The lowest BCUT2D eigenvalue weighted by molar-refractivity contribution is 0.0954. The molecule has 96 valence electrons. The molecule has 2 aromatic rings. The molecule has 0 fully saturated rings. The van der Waals surface area contributed by atoms with Crippen molar-refractivity contribution >= 4 is 12.1 Å². The van der Waals surface area contributed by atoms with Gasteiger partial charge in [0.2, 0.25) is 0 Å². The van der Waals surface area contributed by atoms with E-state index in [4.69, 9.17) is 0 Å². The number of phenolic OH excluding ortho intramolecular Hbond substituents is 1. The molecule has 4 nitrogen and oxygen atoms in total. The Kier molecular flexibility index (Phi) is 3.87. The molecule has 19 heavy (non-hydrogen) atoms. The van der Waals surface area contributed by atoms with Crippen LogP contribution in [0.5, 0.6) is 5.75 Å². The molecule has 0 aliphatic heterocycles. The third-order valence-corrected chi connectivity index (χ3v) is 2.34. The summed E-state index contributed by atoms with van der Waals surface area (Å²) in [5, 5.41) is 13.0. The zero-order valence-electron chi connectivity index (χ0n) is 9.88. The quantitative estimate of drug-likeness (QED) is 0.655. The van der Waals surface area contributed by atoms with Crippen LogP contribution in [0.15, 0.2) is 53.6 Å². The van der Waals surface area contributed by atoms with Gasteiger partial charge in [0.05, 0.1) is 6.21 Å². The van der Waals surface area contributed by atoms with Gasteiger partial charge in [-0.05, 0) is 35.9 Å². The van der Waals surface area contributed by atoms with Crippen LogP contribution in [0.1, 0.15) is 15.9 Å². The van der Waals surface area contributed by atoms with Crippen molar-refractivity contribution in [2.24, 2.45) is 5.10 Å². The van der Waals surface area contributed by atoms with Crippen molar-refractivity contribution in [2.75, 3.05) is 0 Å². The molecule has 0 aliphatic rings. The van der Waals surface area contributed by atoms with Gasteiger partial charge in [0, 0.05) is 5.56 Å². The number of phenols is 1. The average Bonchev–Trinajstić information content (AvgIpc) is 2.38. The summed E-state index contributed by atoms with van der Waals surface area (Å²) in [7, 11) is 0. The number of benzene rings is 2. The predicted molar refractivity (Wildman–Crippen MR) is 69.6 cm³/mol. The molecule has 1 amide bonds. The van der Waals surface area contributed by atoms with Gasteiger partial charge in [0.1, 0.15) is 11.6 Å². The molecule has 0 atom stereocenters. The summed E-state index contributed by atoms with van der Waals surface area (Å²) in [5.74, 6) is -0.874. The third-order valence-electron chi connectivity index (χ3n) is 2.34. The average molecular weight is 258 g/mol. The van der Waals surface area contributed by atoms with Gasteiger partial charge in [-0.1, -0.05) is 18.2 Å².